The summed E-state index contributed by atoms with van der Waals surface area (Å²) in [5.74, 6) is 0.888. The van der Waals surface area contributed by atoms with Crippen LogP contribution in [0.3, 0.4) is 0 Å². The highest BCUT2D eigenvalue weighted by atomic mass is 32.2. The highest BCUT2D eigenvalue weighted by Gasteiger charge is 2.12. The van der Waals surface area contributed by atoms with Crippen molar-refractivity contribution in [1.29, 1.82) is 0 Å². The normalized spacial score (nSPS) is 14.8. The Balaban J connectivity index is 2.11. The van der Waals surface area contributed by atoms with E-state index in [1.807, 2.05) is 32.0 Å². The monoisotopic (exact) mass is 234 g/mol. The van der Waals surface area contributed by atoms with Crippen LogP contribution >= 0.6 is 11.8 Å². The number of hydrogen-bond donors (Lipinski definition) is 1. The van der Waals surface area contributed by atoms with E-state index in [1.54, 1.807) is 11.8 Å². The van der Waals surface area contributed by atoms with E-state index in [9.17, 15) is 4.79 Å². The molecule has 16 heavy (non-hydrogen) atoms. The van der Waals surface area contributed by atoms with Crippen LogP contribution in [0.2, 0.25) is 0 Å². The van der Waals surface area contributed by atoms with Crippen molar-refractivity contribution in [1.82, 2.24) is 5.32 Å². The third kappa shape index (κ3) is 2.44. The summed E-state index contributed by atoms with van der Waals surface area (Å²) >= 11 is 1.59. The topological polar surface area (TPSA) is 41.5 Å². The molecule has 84 valence electrons. The number of benzene rings is 1. The van der Waals surface area contributed by atoms with E-state index < -0.39 is 0 Å². The molecule has 0 radical (unpaired) electrons. The molecule has 1 aromatic carbocycles. The molecular formula is C12H14N2OS. The van der Waals surface area contributed by atoms with Crippen molar-refractivity contribution in [3.63, 3.8) is 0 Å². The molecule has 0 saturated carbocycles. The number of aliphatic imine (C=N–C) groups is 1. The van der Waals surface area contributed by atoms with Gasteiger partial charge in [-0.3, -0.25) is 9.79 Å². The third-order valence-corrected chi connectivity index (χ3v) is 3.47. The first-order valence-corrected chi connectivity index (χ1v) is 6.21. The zero-order valence-electron chi connectivity index (χ0n) is 9.41. The quantitative estimate of drug-likeness (QED) is 0.808. The lowest BCUT2D eigenvalue weighted by Gasteiger charge is -2.06. The van der Waals surface area contributed by atoms with Gasteiger partial charge in [0.05, 0.1) is 6.54 Å². The van der Waals surface area contributed by atoms with E-state index in [1.165, 1.54) is 5.56 Å². The number of hydrogen-bond acceptors (Lipinski definition) is 3. The molecule has 0 bridgehead atoms. The standard InChI is InChI=1S/C12H14N2OS/c1-8-3-4-10(7-9(8)2)11(15)14-12-13-5-6-16-12/h3-4,7H,5-6H2,1-2H3,(H,13,14,15). The molecule has 0 spiro atoms. The van der Waals surface area contributed by atoms with Gasteiger partial charge in [-0.1, -0.05) is 17.8 Å². The van der Waals surface area contributed by atoms with Crippen molar-refractivity contribution in [2.24, 2.45) is 4.99 Å². The molecular weight excluding hydrogens is 220 g/mol. The summed E-state index contributed by atoms with van der Waals surface area (Å²) < 4.78 is 0. The molecule has 1 amide bonds. The number of nitrogens with zero attached hydrogens (tertiary/aromatic N) is 1. The summed E-state index contributed by atoms with van der Waals surface area (Å²) in [5, 5.41) is 3.55. The Hall–Kier alpha value is -1.29. The fraction of sp³-hybridized carbons (Fsp3) is 0.333. The number of amides is 1. The van der Waals surface area contributed by atoms with Gasteiger partial charge in [-0.25, -0.2) is 0 Å². The lowest BCUT2D eigenvalue weighted by molar-refractivity contribution is 0.0978. The first-order valence-electron chi connectivity index (χ1n) is 5.22. The second-order valence-corrected chi connectivity index (χ2v) is 4.87. The van der Waals surface area contributed by atoms with E-state index in [0.29, 0.717) is 5.56 Å². The van der Waals surface area contributed by atoms with Crippen LogP contribution in [0.25, 0.3) is 0 Å². The number of thioether (sulfide) groups is 1. The van der Waals surface area contributed by atoms with Crippen LogP contribution < -0.4 is 5.32 Å². The van der Waals surface area contributed by atoms with Crippen LogP contribution in [-0.2, 0) is 0 Å². The molecule has 0 unspecified atom stereocenters. The largest absolute Gasteiger partial charge is 0.301 e. The van der Waals surface area contributed by atoms with Gasteiger partial charge in [-0.15, -0.1) is 0 Å². The molecule has 4 heteroatoms. The van der Waals surface area contributed by atoms with Gasteiger partial charge in [0.2, 0.25) is 0 Å². The lowest BCUT2D eigenvalue weighted by Crippen LogP contribution is -2.27. The van der Waals surface area contributed by atoms with Gasteiger partial charge in [0.25, 0.3) is 5.91 Å². The number of amidine groups is 1. The number of carbonyl (C=O) groups excluding carboxylic acids is 1. The molecule has 1 aliphatic rings. The molecule has 0 atom stereocenters. The molecule has 3 nitrogen and oxygen atoms in total. The molecule has 1 heterocycles. The van der Waals surface area contributed by atoms with Crippen LogP contribution in [0.4, 0.5) is 0 Å². The minimum Gasteiger partial charge on any atom is -0.301 e. The third-order valence-electron chi connectivity index (χ3n) is 2.58. The Morgan fingerprint density at radius 1 is 1.38 bits per heavy atom. The Labute approximate surface area is 99.3 Å². The second kappa shape index (κ2) is 4.70. The van der Waals surface area contributed by atoms with Gasteiger partial charge in [0.15, 0.2) is 5.17 Å². The molecule has 0 fully saturated rings. The number of nitrogens with one attached hydrogen (secondary N) is 1. The summed E-state index contributed by atoms with van der Waals surface area (Å²) in [6.45, 7) is 4.84. The predicted octanol–water partition coefficient (Wildman–Crippen LogP) is 2.14. The van der Waals surface area contributed by atoms with Crippen molar-refractivity contribution in [2.45, 2.75) is 13.8 Å². The van der Waals surface area contributed by atoms with Gasteiger partial charge < -0.3 is 5.32 Å². The summed E-state index contributed by atoms with van der Waals surface area (Å²) in [4.78, 5) is 16.0. The van der Waals surface area contributed by atoms with Crippen LogP contribution in [0.15, 0.2) is 23.2 Å². The van der Waals surface area contributed by atoms with Crippen LogP contribution in [0, 0.1) is 13.8 Å². The molecule has 1 N–H and O–H groups in total. The van der Waals surface area contributed by atoms with E-state index in [-0.39, 0.29) is 5.91 Å². The highest BCUT2D eigenvalue weighted by molar-refractivity contribution is 8.14. The maximum Gasteiger partial charge on any atom is 0.257 e. The van der Waals surface area contributed by atoms with Crippen molar-refractivity contribution in [2.75, 3.05) is 12.3 Å². The maximum atomic E-state index is 11.9. The summed E-state index contributed by atoms with van der Waals surface area (Å²) in [6.07, 6.45) is 0. The van der Waals surface area contributed by atoms with Crippen molar-refractivity contribution < 1.29 is 4.79 Å². The summed E-state index contributed by atoms with van der Waals surface area (Å²) in [6, 6.07) is 5.72. The van der Waals surface area contributed by atoms with Crippen LogP contribution in [0.1, 0.15) is 21.5 Å². The van der Waals surface area contributed by atoms with Gasteiger partial charge >= 0.3 is 0 Å². The molecule has 0 aromatic heterocycles. The van der Waals surface area contributed by atoms with E-state index >= 15 is 0 Å². The Kier molecular flexibility index (Phi) is 3.29. The number of aryl methyl sites for hydroxylation is 2. The summed E-state index contributed by atoms with van der Waals surface area (Å²) in [7, 11) is 0. The smallest absolute Gasteiger partial charge is 0.257 e. The molecule has 1 aromatic rings. The number of carbonyl (C=O) groups is 1. The van der Waals surface area contributed by atoms with E-state index in [2.05, 4.69) is 10.3 Å². The number of rotatable bonds is 1. The molecule has 2 rings (SSSR count). The summed E-state index contributed by atoms with van der Waals surface area (Å²) in [5.41, 5.74) is 3.02. The first-order chi connectivity index (χ1) is 7.66. The lowest BCUT2D eigenvalue weighted by atomic mass is 10.1. The minimum atomic E-state index is -0.0729. The molecule has 0 aliphatic carbocycles. The van der Waals surface area contributed by atoms with Crippen molar-refractivity contribution >= 4 is 22.8 Å². The zero-order chi connectivity index (χ0) is 11.5. The Morgan fingerprint density at radius 2 is 2.19 bits per heavy atom. The predicted molar refractivity (Wildman–Crippen MR) is 68.1 cm³/mol. The van der Waals surface area contributed by atoms with E-state index in [4.69, 9.17) is 0 Å². The maximum absolute atomic E-state index is 11.9. The van der Waals surface area contributed by atoms with Crippen molar-refractivity contribution in [3.05, 3.63) is 34.9 Å². The van der Waals surface area contributed by atoms with Crippen molar-refractivity contribution in [3.8, 4) is 0 Å². The average Bonchev–Trinajstić information content (AvgIpc) is 2.74. The first kappa shape index (κ1) is 11.2. The Morgan fingerprint density at radius 3 is 2.81 bits per heavy atom. The second-order valence-electron chi connectivity index (χ2n) is 3.79. The molecule has 1 aliphatic heterocycles. The fourth-order valence-electron chi connectivity index (χ4n) is 1.46. The van der Waals surface area contributed by atoms with Gasteiger partial charge in [-0.2, -0.15) is 0 Å². The van der Waals surface area contributed by atoms with Gasteiger partial charge in [0, 0.05) is 11.3 Å². The highest BCUT2D eigenvalue weighted by Crippen LogP contribution is 2.12. The fourth-order valence-corrected chi connectivity index (χ4v) is 2.19. The minimum absolute atomic E-state index is 0.0729. The van der Waals surface area contributed by atoms with Crippen LogP contribution in [-0.4, -0.2) is 23.4 Å². The van der Waals surface area contributed by atoms with Crippen LogP contribution in [0.5, 0.6) is 0 Å². The Bertz CT molecular complexity index is 454. The zero-order valence-corrected chi connectivity index (χ0v) is 10.2. The van der Waals surface area contributed by atoms with Gasteiger partial charge in [-0.05, 0) is 37.1 Å². The molecule has 0 saturated heterocycles. The average molecular weight is 234 g/mol. The van der Waals surface area contributed by atoms with Gasteiger partial charge in [0.1, 0.15) is 0 Å². The SMILES string of the molecule is Cc1ccc(C(=O)NC2=NCCS2)cc1C. The van der Waals surface area contributed by atoms with E-state index in [0.717, 1.165) is 23.0 Å².